The number of hydrogen-bond acceptors (Lipinski definition) is 3. The third-order valence-electron chi connectivity index (χ3n) is 6.26. The summed E-state index contributed by atoms with van der Waals surface area (Å²) >= 11 is 1.54. The molecule has 3 nitrogen and oxygen atoms in total. The highest BCUT2D eigenvalue weighted by Gasteiger charge is 2.36. The van der Waals surface area contributed by atoms with E-state index >= 15 is 0 Å². The van der Waals surface area contributed by atoms with Crippen LogP contribution in [0.5, 0.6) is 0 Å². The first kappa shape index (κ1) is 21.1. The Labute approximate surface area is 173 Å². The lowest BCUT2D eigenvalue weighted by atomic mass is 9.77. The van der Waals surface area contributed by atoms with E-state index in [9.17, 15) is 4.79 Å². The highest BCUT2D eigenvalue weighted by atomic mass is 32.1. The van der Waals surface area contributed by atoms with Crippen LogP contribution >= 0.6 is 11.3 Å². The molecule has 0 radical (unpaired) electrons. The molecule has 0 aliphatic carbocycles. The van der Waals surface area contributed by atoms with Crippen molar-refractivity contribution in [2.24, 2.45) is 0 Å². The molecule has 0 unspecified atom stereocenters. The Morgan fingerprint density at radius 3 is 2.61 bits per heavy atom. The highest BCUT2D eigenvalue weighted by molar-refractivity contribution is 7.12. The van der Waals surface area contributed by atoms with Crippen molar-refractivity contribution in [3.8, 4) is 0 Å². The van der Waals surface area contributed by atoms with E-state index in [4.69, 9.17) is 4.74 Å². The van der Waals surface area contributed by atoms with Crippen molar-refractivity contribution < 1.29 is 9.53 Å². The molecule has 0 spiro atoms. The minimum atomic E-state index is -0.176. The standard InChI is InChI=1S/C24H33NO2S/c1-5-24(4,19-10-7-6-8-11-19)14-15-25(22(26)21-12-9-17-28-21)20-13-16-27-23(2,3)18-20/h6-12,17,20H,5,13-16,18H2,1-4H3/t20-,24+/m0/s1. The zero-order chi connectivity index (χ0) is 20.2. The minimum absolute atomic E-state index is 0.0654. The number of benzene rings is 1. The number of nitrogens with zero attached hydrogens (tertiary/aromatic N) is 1. The van der Waals surface area contributed by atoms with Gasteiger partial charge < -0.3 is 9.64 Å². The molecule has 1 aliphatic rings. The largest absolute Gasteiger partial charge is 0.375 e. The van der Waals surface area contributed by atoms with Gasteiger partial charge in [-0.1, -0.05) is 50.2 Å². The van der Waals surface area contributed by atoms with Gasteiger partial charge in [0.15, 0.2) is 0 Å². The van der Waals surface area contributed by atoms with Crippen molar-refractivity contribution in [3.05, 3.63) is 58.3 Å². The molecule has 1 aliphatic heterocycles. The van der Waals surface area contributed by atoms with Gasteiger partial charge >= 0.3 is 0 Å². The first-order valence-electron chi connectivity index (χ1n) is 10.4. The summed E-state index contributed by atoms with van der Waals surface area (Å²) in [6, 6.07) is 14.9. The van der Waals surface area contributed by atoms with Gasteiger partial charge in [-0.15, -0.1) is 11.3 Å². The maximum atomic E-state index is 13.4. The van der Waals surface area contributed by atoms with Crippen LogP contribution < -0.4 is 0 Å². The van der Waals surface area contributed by atoms with Crippen molar-refractivity contribution in [3.63, 3.8) is 0 Å². The maximum Gasteiger partial charge on any atom is 0.264 e. The lowest BCUT2D eigenvalue weighted by molar-refractivity contribution is -0.0786. The Hall–Kier alpha value is -1.65. The number of hydrogen-bond donors (Lipinski definition) is 0. The van der Waals surface area contributed by atoms with Gasteiger partial charge in [0.25, 0.3) is 5.91 Å². The number of amides is 1. The molecule has 0 bridgehead atoms. The fourth-order valence-corrected chi connectivity index (χ4v) is 4.87. The van der Waals surface area contributed by atoms with Crippen molar-refractivity contribution >= 4 is 17.2 Å². The third kappa shape index (κ3) is 4.84. The van der Waals surface area contributed by atoms with E-state index in [2.05, 4.69) is 62.9 Å². The van der Waals surface area contributed by atoms with Crippen LogP contribution in [0, 0.1) is 0 Å². The van der Waals surface area contributed by atoms with Crippen LogP contribution in [0.3, 0.4) is 0 Å². The maximum absolute atomic E-state index is 13.4. The normalized spacial score (nSPS) is 21.1. The number of rotatable bonds is 7. The summed E-state index contributed by atoms with van der Waals surface area (Å²) in [5.74, 6) is 0.171. The second-order valence-corrected chi connectivity index (χ2v) is 9.71. The zero-order valence-corrected chi connectivity index (χ0v) is 18.4. The topological polar surface area (TPSA) is 29.5 Å². The van der Waals surface area contributed by atoms with Gasteiger partial charge in [0, 0.05) is 19.2 Å². The molecule has 4 heteroatoms. The van der Waals surface area contributed by atoms with Crippen LogP contribution in [0.2, 0.25) is 0 Å². The van der Waals surface area contributed by atoms with E-state index in [0.29, 0.717) is 0 Å². The summed E-state index contributed by atoms with van der Waals surface area (Å²) in [5, 5.41) is 1.99. The second-order valence-electron chi connectivity index (χ2n) is 8.76. The third-order valence-corrected chi connectivity index (χ3v) is 7.12. The Morgan fingerprint density at radius 1 is 1.25 bits per heavy atom. The Balaban J connectivity index is 1.81. The van der Waals surface area contributed by atoms with Crippen LogP contribution in [0.4, 0.5) is 0 Å². The van der Waals surface area contributed by atoms with Gasteiger partial charge in [0.2, 0.25) is 0 Å². The van der Waals surface area contributed by atoms with E-state index in [-0.39, 0.29) is 23.0 Å². The molecule has 152 valence electrons. The molecule has 2 heterocycles. The van der Waals surface area contributed by atoms with E-state index < -0.39 is 0 Å². The van der Waals surface area contributed by atoms with Crippen molar-refractivity contribution in [2.45, 2.75) is 70.4 Å². The molecule has 1 amide bonds. The van der Waals surface area contributed by atoms with Crippen molar-refractivity contribution in [1.29, 1.82) is 0 Å². The second kappa shape index (κ2) is 8.79. The average Bonchev–Trinajstić information content (AvgIpc) is 3.22. The van der Waals surface area contributed by atoms with Gasteiger partial charge in [-0.2, -0.15) is 0 Å². The molecule has 1 aromatic heterocycles. The van der Waals surface area contributed by atoms with Gasteiger partial charge in [-0.25, -0.2) is 0 Å². The molecule has 1 fully saturated rings. The number of thiophene rings is 1. The van der Waals surface area contributed by atoms with Crippen molar-refractivity contribution in [2.75, 3.05) is 13.2 Å². The molecule has 0 N–H and O–H groups in total. The summed E-state index contributed by atoms with van der Waals surface area (Å²) < 4.78 is 5.92. The van der Waals surface area contributed by atoms with Crippen LogP contribution in [-0.2, 0) is 10.2 Å². The van der Waals surface area contributed by atoms with Gasteiger partial charge in [0.1, 0.15) is 0 Å². The quantitative estimate of drug-likeness (QED) is 0.579. The molecule has 2 aromatic rings. The molecule has 1 saturated heterocycles. The average molecular weight is 400 g/mol. The van der Waals surface area contributed by atoms with Crippen LogP contribution in [-0.4, -0.2) is 35.6 Å². The van der Waals surface area contributed by atoms with Crippen molar-refractivity contribution in [1.82, 2.24) is 4.90 Å². The Bertz CT molecular complexity index is 756. The van der Waals surface area contributed by atoms with E-state index in [1.165, 1.54) is 16.9 Å². The number of ether oxygens (including phenoxy) is 1. The van der Waals surface area contributed by atoms with Gasteiger partial charge in [0.05, 0.1) is 10.5 Å². The molecule has 1 aromatic carbocycles. The summed E-state index contributed by atoms with van der Waals surface area (Å²) in [4.78, 5) is 16.3. The molecule has 28 heavy (non-hydrogen) atoms. The molecule has 3 rings (SSSR count). The van der Waals surface area contributed by atoms with Crippen LogP contribution in [0.15, 0.2) is 47.8 Å². The fraction of sp³-hybridized carbons (Fsp3) is 0.542. The molecule has 0 saturated carbocycles. The smallest absolute Gasteiger partial charge is 0.264 e. The Kier molecular flexibility index (Phi) is 6.61. The van der Waals surface area contributed by atoms with Crippen LogP contribution in [0.25, 0.3) is 0 Å². The SMILES string of the molecule is CC[C@](C)(CCN(C(=O)c1cccs1)[C@H]1CCOC(C)(C)C1)c1ccccc1. The lowest BCUT2D eigenvalue weighted by Crippen LogP contribution is -2.49. The van der Waals surface area contributed by atoms with E-state index in [1.54, 1.807) is 0 Å². The first-order chi connectivity index (χ1) is 13.3. The Morgan fingerprint density at radius 2 is 2.00 bits per heavy atom. The summed E-state index contributed by atoms with van der Waals surface area (Å²) in [5.41, 5.74) is 1.24. The predicted octanol–water partition coefficient (Wildman–Crippen LogP) is 5.91. The molecule has 2 atom stereocenters. The molecular formula is C24H33NO2S. The zero-order valence-electron chi connectivity index (χ0n) is 17.6. The van der Waals surface area contributed by atoms with E-state index in [0.717, 1.165) is 43.7 Å². The summed E-state index contributed by atoms with van der Waals surface area (Å²) in [7, 11) is 0. The fourth-order valence-electron chi connectivity index (χ4n) is 4.19. The van der Waals surface area contributed by atoms with Gasteiger partial charge in [-0.3, -0.25) is 4.79 Å². The van der Waals surface area contributed by atoms with Crippen LogP contribution in [0.1, 0.15) is 68.6 Å². The highest BCUT2D eigenvalue weighted by Crippen LogP contribution is 2.34. The minimum Gasteiger partial charge on any atom is -0.375 e. The first-order valence-corrected chi connectivity index (χ1v) is 11.3. The number of carbonyl (C=O) groups excluding carboxylic acids is 1. The monoisotopic (exact) mass is 399 g/mol. The lowest BCUT2D eigenvalue weighted by Gasteiger charge is -2.42. The predicted molar refractivity (Wildman–Crippen MR) is 117 cm³/mol. The van der Waals surface area contributed by atoms with Gasteiger partial charge in [-0.05, 0) is 62.0 Å². The molecular weight excluding hydrogens is 366 g/mol. The van der Waals surface area contributed by atoms with E-state index in [1.807, 2.05) is 17.5 Å². The summed E-state index contributed by atoms with van der Waals surface area (Å²) in [6.45, 7) is 10.3. The summed E-state index contributed by atoms with van der Waals surface area (Å²) in [6.07, 6.45) is 3.81. The number of carbonyl (C=O) groups is 1.